The summed E-state index contributed by atoms with van der Waals surface area (Å²) in [5, 5.41) is 0. The number of nitrogens with two attached hydrogens (primary N) is 1. The van der Waals surface area contributed by atoms with Crippen molar-refractivity contribution in [3.8, 4) is 0 Å². The van der Waals surface area contributed by atoms with Gasteiger partial charge in [-0.2, -0.15) is 0 Å². The van der Waals surface area contributed by atoms with Gasteiger partial charge in [-0.15, -0.1) is 0 Å². The number of amides is 1. The minimum absolute atomic E-state index is 0.139. The molecule has 0 radical (unpaired) electrons. The summed E-state index contributed by atoms with van der Waals surface area (Å²) in [6, 6.07) is 16.8. The number of likely N-dealkylation sites (tertiary alicyclic amines) is 1. The molecule has 1 aliphatic heterocycles. The number of rotatable bonds is 12. The molecule has 1 saturated heterocycles. The van der Waals surface area contributed by atoms with Crippen LogP contribution in [0.25, 0.3) is 0 Å². The number of aryl methyl sites for hydroxylation is 2. The van der Waals surface area contributed by atoms with Crippen molar-refractivity contribution >= 4 is 11.7 Å². The van der Waals surface area contributed by atoms with Crippen LogP contribution in [0.4, 0.5) is 0 Å². The number of hydrogen-bond donors (Lipinski definition) is 1. The van der Waals surface area contributed by atoms with E-state index in [0.29, 0.717) is 25.2 Å². The van der Waals surface area contributed by atoms with Gasteiger partial charge < -0.3 is 10.6 Å². The van der Waals surface area contributed by atoms with Crippen LogP contribution in [0.2, 0.25) is 0 Å². The normalized spacial score (nSPS) is 14.9. The fraction of sp³-hybridized carbons (Fsp3) is 0.588. The summed E-state index contributed by atoms with van der Waals surface area (Å²) >= 11 is 0. The van der Waals surface area contributed by atoms with Crippen molar-refractivity contribution in [2.45, 2.75) is 98.3 Å². The number of ketones is 1. The number of hydrogen-bond acceptors (Lipinski definition) is 3. The lowest BCUT2D eigenvalue weighted by atomic mass is 9.99. The van der Waals surface area contributed by atoms with Gasteiger partial charge in [-0.05, 0) is 94.5 Å². The van der Waals surface area contributed by atoms with Crippen molar-refractivity contribution in [3.63, 3.8) is 0 Å². The molecule has 2 fully saturated rings. The summed E-state index contributed by atoms with van der Waals surface area (Å²) < 4.78 is 0. The molecule has 1 amide bonds. The number of Topliss-reactive ketones (excluding diaryl/α,β-unsaturated/α-hetero) is 1. The van der Waals surface area contributed by atoms with E-state index in [4.69, 9.17) is 5.73 Å². The molecule has 2 aromatic rings. The molecule has 210 valence electrons. The van der Waals surface area contributed by atoms with Crippen molar-refractivity contribution in [1.82, 2.24) is 4.90 Å². The lowest BCUT2D eigenvalue weighted by molar-refractivity contribution is -0.118. The molecule has 0 bridgehead atoms. The fourth-order valence-corrected chi connectivity index (χ4v) is 4.46. The van der Waals surface area contributed by atoms with Gasteiger partial charge in [0.05, 0.1) is 0 Å². The average Bonchev–Trinajstić information content (AvgIpc) is 3.49. The summed E-state index contributed by atoms with van der Waals surface area (Å²) in [7, 11) is 0. The van der Waals surface area contributed by atoms with Crippen molar-refractivity contribution in [2.24, 2.45) is 17.6 Å². The maximum atomic E-state index is 11.9. The van der Waals surface area contributed by atoms with Crippen molar-refractivity contribution < 1.29 is 9.59 Å². The van der Waals surface area contributed by atoms with Gasteiger partial charge in [-0.1, -0.05) is 87.7 Å². The van der Waals surface area contributed by atoms with E-state index in [1.165, 1.54) is 74.8 Å². The van der Waals surface area contributed by atoms with Crippen LogP contribution < -0.4 is 5.73 Å². The van der Waals surface area contributed by atoms with E-state index in [9.17, 15) is 9.59 Å². The smallest absolute Gasteiger partial charge is 0.217 e. The summed E-state index contributed by atoms with van der Waals surface area (Å²) in [6.45, 7) is 12.7. The van der Waals surface area contributed by atoms with Gasteiger partial charge in [-0.25, -0.2) is 0 Å². The molecule has 4 nitrogen and oxygen atoms in total. The number of carbonyl (C=O) groups is 2. The van der Waals surface area contributed by atoms with E-state index in [0.717, 1.165) is 24.3 Å². The van der Waals surface area contributed by atoms with Crippen molar-refractivity contribution in [2.75, 3.05) is 19.6 Å². The second-order valence-corrected chi connectivity index (χ2v) is 11.7. The monoisotopic (exact) mass is 520 g/mol. The maximum Gasteiger partial charge on any atom is 0.217 e. The lowest BCUT2D eigenvalue weighted by Gasteiger charge is -2.13. The zero-order chi connectivity index (χ0) is 27.8. The van der Waals surface area contributed by atoms with Gasteiger partial charge in [0.2, 0.25) is 5.91 Å². The van der Waals surface area contributed by atoms with Crippen LogP contribution in [-0.4, -0.2) is 36.2 Å². The molecule has 4 rings (SSSR count). The van der Waals surface area contributed by atoms with Crippen LogP contribution in [0.5, 0.6) is 0 Å². The Morgan fingerprint density at radius 3 is 1.95 bits per heavy atom. The Morgan fingerprint density at radius 1 is 0.868 bits per heavy atom. The first-order valence-corrected chi connectivity index (χ1v) is 14.9. The van der Waals surface area contributed by atoms with E-state index in [1.54, 1.807) is 0 Å². The highest BCUT2D eigenvalue weighted by molar-refractivity contribution is 5.96. The van der Waals surface area contributed by atoms with Gasteiger partial charge >= 0.3 is 0 Å². The Balaban J connectivity index is 0.000000236. The van der Waals surface area contributed by atoms with Crippen LogP contribution in [0.3, 0.4) is 0 Å². The van der Waals surface area contributed by atoms with Gasteiger partial charge in [0, 0.05) is 18.4 Å². The molecule has 1 heterocycles. The van der Waals surface area contributed by atoms with Gasteiger partial charge in [0.25, 0.3) is 0 Å². The molecule has 1 saturated carbocycles. The average molecular weight is 521 g/mol. The highest BCUT2D eigenvalue weighted by Crippen LogP contribution is 2.26. The second-order valence-electron chi connectivity index (χ2n) is 11.7. The third-order valence-corrected chi connectivity index (χ3v) is 7.12. The number of unbranched alkanes of at least 4 members (excludes halogenated alkanes) is 1. The van der Waals surface area contributed by atoms with E-state index < -0.39 is 0 Å². The Hall–Kier alpha value is -2.46. The molecule has 0 atom stereocenters. The van der Waals surface area contributed by atoms with Crippen LogP contribution >= 0.6 is 0 Å². The molecule has 0 unspecified atom stereocenters. The highest BCUT2D eigenvalue weighted by atomic mass is 16.1. The first-order valence-electron chi connectivity index (χ1n) is 14.9. The van der Waals surface area contributed by atoms with Crippen LogP contribution in [0.15, 0.2) is 48.5 Å². The van der Waals surface area contributed by atoms with Crippen LogP contribution in [0, 0.1) is 18.8 Å². The highest BCUT2D eigenvalue weighted by Gasteiger charge is 2.12. The zero-order valence-corrected chi connectivity index (χ0v) is 24.5. The van der Waals surface area contributed by atoms with Crippen molar-refractivity contribution in [1.29, 1.82) is 0 Å². The number of primary amides is 1. The van der Waals surface area contributed by atoms with E-state index in [-0.39, 0.29) is 11.7 Å². The molecule has 2 aliphatic rings. The molecule has 2 aromatic carbocycles. The predicted molar refractivity (Wildman–Crippen MR) is 161 cm³/mol. The van der Waals surface area contributed by atoms with Crippen LogP contribution in [0.1, 0.15) is 106 Å². The molecular weight excluding hydrogens is 468 g/mol. The molecule has 4 heteroatoms. The third-order valence-electron chi connectivity index (χ3n) is 7.12. The topological polar surface area (TPSA) is 63.4 Å². The Kier molecular flexibility index (Phi) is 15.0. The van der Waals surface area contributed by atoms with Gasteiger partial charge in [0.1, 0.15) is 0 Å². The Morgan fingerprint density at radius 2 is 1.42 bits per heavy atom. The largest absolute Gasteiger partial charge is 0.370 e. The third kappa shape index (κ3) is 15.1. The minimum atomic E-state index is -0.300. The zero-order valence-electron chi connectivity index (χ0n) is 24.5. The van der Waals surface area contributed by atoms with E-state index in [1.807, 2.05) is 24.3 Å². The Labute approximate surface area is 232 Å². The van der Waals surface area contributed by atoms with E-state index >= 15 is 0 Å². The molecule has 0 aromatic heterocycles. The van der Waals surface area contributed by atoms with Crippen molar-refractivity contribution in [3.05, 3.63) is 70.8 Å². The molecule has 2 N–H and O–H groups in total. The second kappa shape index (κ2) is 17.9. The quantitative estimate of drug-likeness (QED) is 0.232. The molecule has 1 aliphatic carbocycles. The van der Waals surface area contributed by atoms with Gasteiger partial charge in [0.15, 0.2) is 5.78 Å². The number of benzene rings is 2. The molecule has 38 heavy (non-hydrogen) atoms. The number of carbonyl (C=O) groups excluding carboxylic acids is 2. The summed E-state index contributed by atoms with van der Waals surface area (Å²) in [5.74, 6) is 1.54. The standard InChI is InChI=1S/C16H23NO2.C14H21N.C4H8/c1-12(2)11-13-7-9-14(10-8-13)15(18)5-3-4-6-16(17)19;1-13-6-8-14(9-7-13)5-4-12-15-10-2-3-11-15;1-4-2-3-4/h7-10,12H,3-6,11H2,1-2H3,(H2,17,19);6-9H,2-5,10-12H2,1H3;4H,2-3H2,1H3. The summed E-state index contributed by atoms with van der Waals surface area (Å²) in [6.07, 6.45) is 11.6. The summed E-state index contributed by atoms with van der Waals surface area (Å²) in [5.41, 5.74) is 9.92. The molecule has 0 spiro atoms. The fourth-order valence-electron chi connectivity index (χ4n) is 4.46. The summed E-state index contributed by atoms with van der Waals surface area (Å²) in [4.78, 5) is 25.1. The molecular formula is C34H52N2O2. The van der Waals surface area contributed by atoms with Gasteiger partial charge in [-0.3, -0.25) is 9.59 Å². The minimum Gasteiger partial charge on any atom is -0.370 e. The first-order chi connectivity index (χ1) is 18.2. The Bertz CT molecular complexity index is 924. The predicted octanol–water partition coefficient (Wildman–Crippen LogP) is 7.55. The first kappa shape index (κ1) is 31.8. The lowest BCUT2D eigenvalue weighted by Crippen LogP contribution is -2.20. The van der Waals surface area contributed by atoms with E-state index in [2.05, 4.69) is 56.9 Å². The SMILES string of the molecule is CC(C)Cc1ccc(C(=O)CCCCC(N)=O)cc1.CC1CC1.Cc1ccc(CCCN2CCCC2)cc1. The maximum absolute atomic E-state index is 11.9. The number of nitrogens with zero attached hydrogens (tertiary/aromatic N) is 1. The van der Waals surface area contributed by atoms with Crippen LogP contribution in [-0.2, 0) is 17.6 Å².